The number of benzene rings is 1. The highest BCUT2D eigenvalue weighted by molar-refractivity contribution is 6.30. The van der Waals surface area contributed by atoms with Gasteiger partial charge in [-0.3, -0.25) is 5.41 Å². The maximum absolute atomic E-state index is 7.33. The Kier molecular flexibility index (Phi) is 3.48. The van der Waals surface area contributed by atoms with E-state index in [1.165, 1.54) is 0 Å². The van der Waals surface area contributed by atoms with Gasteiger partial charge in [-0.2, -0.15) is 0 Å². The number of halogens is 1. The smallest absolute Gasteiger partial charge is 0.219 e. The number of pyridine rings is 1. The zero-order valence-corrected chi connectivity index (χ0v) is 10.5. The van der Waals surface area contributed by atoms with Crippen molar-refractivity contribution in [3.05, 3.63) is 52.7 Å². The van der Waals surface area contributed by atoms with Gasteiger partial charge in [0.1, 0.15) is 17.3 Å². The van der Waals surface area contributed by atoms with Crippen molar-refractivity contribution in [1.82, 2.24) is 4.98 Å². The average molecular weight is 262 g/mol. The number of rotatable bonds is 3. The van der Waals surface area contributed by atoms with Crippen molar-refractivity contribution in [2.75, 3.05) is 0 Å². The van der Waals surface area contributed by atoms with Crippen LogP contribution in [0, 0.1) is 12.3 Å². The molecule has 0 saturated carbocycles. The molecule has 0 saturated heterocycles. The highest BCUT2D eigenvalue weighted by Crippen LogP contribution is 2.26. The highest BCUT2D eigenvalue weighted by Gasteiger charge is 2.05. The lowest BCUT2D eigenvalue weighted by Crippen LogP contribution is -2.13. The molecule has 1 aromatic heterocycles. The minimum Gasteiger partial charge on any atom is -0.439 e. The number of nitrogen functional groups attached to an aromatic ring is 1. The number of hydrogen-bond donors (Lipinski definition) is 2. The Balaban J connectivity index is 2.31. The van der Waals surface area contributed by atoms with Gasteiger partial charge in [-0.15, -0.1) is 0 Å². The van der Waals surface area contributed by atoms with Gasteiger partial charge < -0.3 is 10.5 Å². The van der Waals surface area contributed by atoms with Crippen molar-refractivity contribution in [1.29, 1.82) is 5.41 Å². The lowest BCUT2D eigenvalue weighted by Gasteiger charge is -2.08. The number of hydrogen-bond acceptors (Lipinski definition) is 3. The Labute approximate surface area is 110 Å². The summed E-state index contributed by atoms with van der Waals surface area (Å²) in [7, 11) is 0. The molecule has 18 heavy (non-hydrogen) atoms. The zero-order chi connectivity index (χ0) is 13.1. The molecule has 0 fully saturated rings. The van der Waals surface area contributed by atoms with Gasteiger partial charge >= 0.3 is 0 Å². The molecule has 2 aromatic rings. The van der Waals surface area contributed by atoms with Crippen LogP contribution in [0.25, 0.3) is 0 Å². The van der Waals surface area contributed by atoms with E-state index in [2.05, 4.69) is 4.98 Å². The largest absolute Gasteiger partial charge is 0.439 e. The summed E-state index contributed by atoms with van der Waals surface area (Å²) in [5.74, 6) is 0.923. The Morgan fingerprint density at radius 2 is 2.11 bits per heavy atom. The standard InChI is InChI=1S/C13H12ClN3O/c1-8-5-6-9(14)7-11(8)18-12-4-2-3-10(17-12)13(15)16/h2-7H,1H3,(H3,15,16). The molecule has 0 radical (unpaired) electrons. The molecule has 0 amide bonds. The summed E-state index contributed by atoms with van der Waals surface area (Å²) >= 11 is 5.91. The van der Waals surface area contributed by atoms with Crippen LogP contribution in [0.15, 0.2) is 36.4 Å². The predicted molar refractivity (Wildman–Crippen MR) is 71.5 cm³/mol. The van der Waals surface area contributed by atoms with Crippen molar-refractivity contribution in [3.63, 3.8) is 0 Å². The first-order chi connectivity index (χ1) is 8.56. The van der Waals surface area contributed by atoms with E-state index in [0.29, 0.717) is 22.3 Å². The number of amidine groups is 1. The number of nitrogens with one attached hydrogen (secondary N) is 1. The highest BCUT2D eigenvalue weighted by atomic mass is 35.5. The summed E-state index contributed by atoms with van der Waals surface area (Å²) in [6.07, 6.45) is 0. The summed E-state index contributed by atoms with van der Waals surface area (Å²) in [5, 5.41) is 7.92. The zero-order valence-electron chi connectivity index (χ0n) is 9.77. The van der Waals surface area contributed by atoms with Crippen molar-refractivity contribution in [2.45, 2.75) is 6.92 Å². The lowest BCUT2D eigenvalue weighted by molar-refractivity contribution is 0.459. The predicted octanol–water partition coefficient (Wildman–Crippen LogP) is 3.12. The van der Waals surface area contributed by atoms with E-state index in [4.69, 9.17) is 27.5 Å². The number of nitrogens with two attached hydrogens (primary N) is 1. The van der Waals surface area contributed by atoms with E-state index in [0.717, 1.165) is 5.56 Å². The first-order valence-corrected chi connectivity index (χ1v) is 5.69. The normalized spacial score (nSPS) is 10.1. The van der Waals surface area contributed by atoms with Gasteiger partial charge in [0.2, 0.25) is 5.88 Å². The van der Waals surface area contributed by atoms with Gasteiger partial charge in [0.15, 0.2) is 0 Å². The van der Waals surface area contributed by atoms with Crippen LogP contribution in [0.5, 0.6) is 11.6 Å². The van der Waals surface area contributed by atoms with Gasteiger partial charge in [0.05, 0.1) is 0 Å². The minimum atomic E-state index is -0.0942. The van der Waals surface area contributed by atoms with Crippen molar-refractivity contribution in [3.8, 4) is 11.6 Å². The molecule has 2 rings (SSSR count). The Bertz CT molecular complexity index is 599. The van der Waals surface area contributed by atoms with Crippen LogP contribution in [0.2, 0.25) is 5.02 Å². The summed E-state index contributed by atoms with van der Waals surface area (Å²) in [6.45, 7) is 1.92. The quantitative estimate of drug-likeness (QED) is 0.659. The molecule has 0 unspecified atom stereocenters. The fraction of sp³-hybridized carbons (Fsp3) is 0.0769. The maximum Gasteiger partial charge on any atom is 0.219 e. The van der Waals surface area contributed by atoms with Crippen molar-refractivity contribution >= 4 is 17.4 Å². The van der Waals surface area contributed by atoms with E-state index < -0.39 is 0 Å². The van der Waals surface area contributed by atoms with Crippen molar-refractivity contribution in [2.24, 2.45) is 5.73 Å². The molecule has 5 heteroatoms. The van der Waals surface area contributed by atoms with E-state index in [9.17, 15) is 0 Å². The van der Waals surface area contributed by atoms with E-state index in [1.54, 1.807) is 30.3 Å². The number of nitrogens with zero attached hydrogens (tertiary/aromatic N) is 1. The molecular weight excluding hydrogens is 250 g/mol. The SMILES string of the molecule is Cc1ccc(Cl)cc1Oc1cccc(C(=N)N)n1. The molecular formula is C13H12ClN3O. The molecule has 0 spiro atoms. The van der Waals surface area contributed by atoms with Crippen LogP contribution >= 0.6 is 11.6 Å². The monoisotopic (exact) mass is 261 g/mol. The first kappa shape index (κ1) is 12.4. The molecule has 3 N–H and O–H groups in total. The first-order valence-electron chi connectivity index (χ1n) is 5.32. The summed E-state index contributed by atoms with van der Waals surface area (Å²) in [4.78, 5) is 4.12. The molecule has 0 atom stereocenters. The fourth-order valence-corrected chi connectivity index (χ4v) is 1.58. The third-order valence-corrected chi connectivity index (χ3v) is 2.60. The molecule has 1 heterocycles. The van der Waals surface area contributed by atoms with E-state index >= 15 is 0 Å². The second kappa shape index (κ2) is 5.06. The molecule has 0 aliphatic rings. The Morgan fingerprint density at radius 3 is 2.83 bits per heavy atom. The van der Waals surface area contributed by atoms with Crippen LogP contribution in [0.4, 0.5) is 0 Å². The van der Waals surface area contributed by atoms with Crippen LogP contribution in [0.1, 0.15) is 11.3 Å². The summed E-state index contributed by atoms with van der Waals surface area (Å²) < 4.78 is 5.63. The summed E-state index contributed by atoms with van der Waals surface area (Å²) in [6, 6.07) is 10.5. The molecule has 4 nitrogen and oxygen atoms in total. The van der Waals surface area contributed by atoms with Gasteiger partial charge in [0.25, 0.3) is 0 Å². The Morgan fingerprint density at radius 1 is 1.33 bits per heavy atom. The Hall–Kier alpha value is -2.07. The molecule has 1 aromatic carbocycles. The van der Waals surface area contributed by atoms with E-state index in [-0.39, 0.29) is 5.84 Å². The molecule has 0 aliphatic heterocycles. The van der Waals surface area contributed by atoms with Crippen LogP contribution in [-0.2, 0) is 0 Å². The van der Waals surface area contributed by atoms with Crippen LogP contribution in [0.3, 0.4) is 0 Å². The van der Waals surface area contributed by atoms with Gasteiger partial charge in [-0.25, -0.2) is 4.98 Å². The molecule has 0 bridgehead atoms. The maximum atomic E-state index is 7.33. The third kappa shape index (κ3) is 2.78. The number of aromatic nitrogens is 1. The second-order valence-electron chi connectivity index (χ2n) is 3.79. The van der Waals surface area contributed by atoms with Gasteiger partial charge in [-0.05, 0) is 30.7 Å². The lowest BCUT2D eigenvalue weighted by atomic mass is 10.2. The van der Waals surface area contributed by atoms with E-state index in [1.807, 2.05) is 13.0 Å². The minimum absolute atomic E-state index is 0.0942. The van der Waals surface area contributed by atoms with Gasteiger partial charge in [0, 0.05) is 11.1 Å². The topological polar surface area (TPSA) is 72.0 Å². The fourth-order valence-electron chi connectivity index (χ4n) is 1.42. The number of ether oxygens (including phenoxy) is 1. The molecule has 92 valence electrons. The van der Waals surface area contributed by atoms with Crippen molar-refractivity contribution < 1.29 is 4.74 Å². The van der Waals surface area contributed by atoms with Gasteiger partial charge in [-0.1, -0.05) is 23.7 Å². The van der Waals surface area contributed by atoms with Crippen LogP contribution < -0.4 is 10.5 Å². The second-order valence-corrected chi connectivity index (χ2v) is 4.22. The van der Waals surface area contributed by atoms with Crippen LogP contribution in [-0.4, -0.2) is 10.8 Å². The average Bonchev–Trinajstić information content (AvgIpc) is 2.34. The number of aryl methyl sites for hydroxylation is 1. The summed E-state index contributed by atoms with van der Waals surface area (Å²) in [5.41, 5.74) is 6.71. The third-order valence-electron chi connectivity index (χ3n) is 2.36. The molecule has 0 aliphatic carbocycles.